The van der Waals surface area contributed by atoms with Crippen molar-refractivity contribution < 1.29 is 9.59 Å². The number of carbonyl (C=O) groups is 2. The lowest BCUT2D eigenvalue weighted by Crippen LogP contribution is -2.45. The van der Waals surface area contributed by atoms with E-state index in [1.807, 2.05) is 13.0 Å². The van der Waals surface area contributed by atoms with E-state index in [2.05, 4.69) is 52.6 Å². The lowest BCUT2D eigenvalue weighted by atomic mass is 9.85. The summed E-state index contributed by atoms with van der Waals surface area (Å²) in [4.78, 5) is 26.9. The summed E-state index contributed by atoms with van der Waals surface area (Å²) in [5, 5.41) is 8.33. The zero-order valence-electron chi connectivity index (χ0n) is 16.5. The van der Waals surface area contributed by atoms with E-state index in [-0.39, 0.29) is 23.4 Å². The van der Waals surface area contributed by atoms with Gasteiger partial charge in [0.25, 0.3) is 0 Å². The number of hydrogen-bond donors (Lipinski definition) is 2. The second-order valence-corrected chi connectivity index (χ2v) is 9.52. The van der Waals surface area contributed by atoms with Crippen LogP contribution >= 0.6 is 23.1 Å². The number of rotatable bonds is 9. The van der Waals surface area contributed by atoms with Crippen LogP contribution in [0.15, 0.2) is 46.7 Å². The predicted molar refractivity (Wildman–Crippen MR) is 117 cm³/mol. The second-order valence-electron chi connectivity index (χ2n) is 7.61. The maximum atomic E-state index is 12.5. The molecule has 2 aromatic rings. The molecule has 2 amide bonds. The molecule has 2 heterocycles. The van der Waals surface area contributed by atoms with Gasteiger partial charge in [0, 0.05) is 40.6 Å². The van der Waals surface area contributed by atoms with Gasteiger partial charge in [-0.15, -0.1) is 23.1 Å². The Balaban J connectivity index is 1.56. The monoisotopic (exact) mass is 416 g/mol. The van der Waals surface area contributed by atoms with Crippen molar-refractivity contribution in [2.75, 3.05) is 6.26 Å². The molecule has 0 spiro atoms. The standard InChI is InChI=1S/C22H28N2O2S2/c1-16(14-19-4-3-13-28-19)23-20(25)9-11-22(12-10-21(26)24-22)15-17-5-7-18(27-2)8-6-17/h3-8,13,16H,9-12,14-15H2,1-2H3,(H,23,25)(H,24,26). The number of carbonyl (C=O) groups excluding carboxylic acids is 2. The average Bonchev–Trinajstić information content (AvgIpc) is 3.31. The van der Waals surface area contributed by atoms with Gasteiger partial charge in [0.05, 0.1) is 0 Å². The average molecular weight is 417 g/mol. The molecule has 2 N–H and O–H groups in total. The van der Waals surface area contributed by atoms with Gasteiger partial charge in [0.15, 0.2) is 0 Å². The van der Waals surface area contributed by atoms with Crippen LogP contribution in [0.25, 0.3) is 0 Å². The van der Waals surface area contributed by atoms with Gasteiger partial charge in [-0.05, 0) is 61.6 Å². The molecule has 6 heteroatoms. The van der Waals surface area contributed by atoms with Crippen LogP contribution in [0.3, 0.4) is 0 Å². The Morgan fingerprint density at radius 1 is 1.32 bits per heavy atom. The summed E-state index contributed by atoms with van der Waals surface area (Å²) in [5.74, 6) is 0.148. The van der Waals surface area contributed by atoms with E-state index in [1.54, 1.807) is 23.1 Å². The highest BCUT2D eigenvalue weighted by Crippen LogP contribution is 2.30. The molecule has 28 heavy (non-hydrogen) atoms. The largest absolute Gasteiger partial charge is 0.353 e. The quantitative estimate of drug-likeness (QED) is 0.603. The minimum Gasteiger partial charge on any atom is -0.353 e. The zero-order valence-corrected chi connectivity index (χ0v) is 18.1. The molecule has 0 saturated carbocycles. The molecule has 1 aliphatic heterocycles. The molecule has 2 unspecified atom stereocenters. The maximum absolute atomic E-state index is 12.5. The molecule has 1 aromatic carbocycles. The number of amides is 2. The second kappa shape index (κ2) is 9.61. The van der Waals surface area contributed by atoms with Crippen LogP contribution in [0.5, 0.6) is 0 Å². The van der Waals surface area contributed by atoms with Crippen molar-refractivity contribution >= 4 is 34.9 Å². The van der Waals surface area contributed by atoms with Crippen LogP contribution in [0.4, 0.5) is 0 Å². The van der Waals surface area contributed by atoms with Gasteiger partial charge in [-0.3, -0.25) is 9.59 Å². The van der Waals surface area contributed by atoms with Crippen molar-refractivity contribution in [2.45, 2.75) is 61.9 Å². The van der Waals surface area contributed by atoms with Crippen molar-refractivity contribution in [1.82, 2.24) is 10.6 Å². The summed E-state index contributed by atoms with van der Waals surface area (Å²) in [7, 11) is 0. The molecule has 1 aromatic heterocycles. The first-order valence-electron chi connectivity index (χ1n) is 9.74. The Morgan fingerprint density at radius 2 is 2.11 bits per heavy atom. The van der Waals surface area contributed by atoms with Crippen LogP contribution in [0, 0.1) is 0 Å². The van der Waals surface area contributed by atoms with E-state index in [0.29, 0.717) is 19.3 Å². The van der Waals surface area contributed by atoms with Crippen LogP contribution in [0.2, 0.25) is 0 Å². The van der Waals surface area contributed by atoms with E-state index < -0.39 is 0 Å². The van der Waals surface area contributed by atoms with Gasteiger partial charge in [-0.1, -0.05) is 18.2 Å². The predicted octanol–water partition coefficient (Wildman–Crippen LogP) is 4.19. The highest BCUT2D eigenvalue weighted by atomic mass is 32.2. The molecule has 150 valence electrons. The normalized spacial score (nSPS) is 20.0. The van der Waals surface area contributed by atoms with Gasteiger partial charge in [0.1, 0.15) is 0 Å². The molecule has 1 aliphatic rings. The van der Waals surface area contributed by atoms with Crippen molar-refractivity contribution in [3.05, 3.63) is 52.2 Å². The topological polar surface area (TPSA) is 58.2 Å². The first kappa shape index (κ1) is 20.9. The first-order valence-corrected chi connectivity index (χ1v) is 11.8. The van der Waals surface area contributed by atoms with Crippen LogP contribution in [-0.2, 0) is 22.4 Å². The van der Waals surface area contributed by atoms with Gasteiger partial charge in [-0.2, -0.15) is 0 Å². The highest BCUT2D eigenvalue weighted by Gasteiger charge is 2.37. The molecule has 0 bridgehead atoms. The zero-order chi connectivity index (χ0) is 20.0. The molecule has 2 atom stereocenters. The van der Waals surface area contributed by atoms with Crippen LogP contribution in [0.1, 0.15) is 43.0 Å². The number of thiophene rings is 1. The summed E-state index contributed by atoms with van der Waals surface area (Å²) >= 11 is 3.43. The van der Waals surface area contributed by atoms with Crippen molar-refractivity contribution in [2.24, 2.45) is 0 Å². The van der Waals surface area contributed by atoms with E-state index >= 15 is 0 Å². The smallest absolute Gasteiger partial charge is 0.220 e. The van der Waals surface area contributed by atoms with E-state index in [4.69, 9.17) is 0 Å². The lowest BCUT2D eigenvalue weighted by Gasteiger charge is -2.29. The van der Waals surface area contributed by atoms with E-state index in [1.165, 1.54) is 15.3 Å². The van der Waals surface area contributed by atoms with Crippen molar-refractivity contribution in [3.8, 4) is 0 Å². The molecule has 1 saturated heterocycles. The van der Waals surface area contributed by atoms with Gasteiger partial charge >= 0.3 is 0 Å². The minimum absolute atomic E-state index is 0.0577. The fourth-order valence-electron chi connectivity index (χ4n) is 3.80. The van der Waals surface area contributed by atoms with Gasteiger partial charge in [0.2, 0.25) is 11.8 Å². The number of nitrogens with one attached hydrogen (secondary N) is 2. The number of hydrogen-bond acceptors (Lipinski definition) is 4. The molecule has 0 radical (unpaired) electrons. The Bertz CT molecular complexity index is 789. The van der Waals surface area contributed by atoms with Crippen molar-refractivity contribution in [1.29, 1.82) is 0 Å². The summed E-state index contributed by atoms with van der Waals surface area (Å²) in [6.45, 7) is 2.04. The summed E-state index contributed by atoms with van der Waals surface area (Å²) < 4.78 is 0. The van der Waals surface area contributed by atoms with Crippen LogP contribution in [-0.4, -0.2) is 29.7 Å². The summed E-state index contributed by atoms with van der Waals surface area (Å²) in [6.07, 6.45) is 6.11. The highest BCUT2D eigenvalue weighted by molar-refractivity contribution is 7.98. The Hall–Kier alpha value is -1.79. The third-order valence-electron chi connectivity index (χ3n) is 5.26. The molecule has 1 fully saturated rings. The molecular formula is C22H28N2O2S2. The Kier molecular flexibility index (Phi) is 7.18. The number of thioether (sulfide) groups is 1. The Labute approximate surface area is 175 Å². The fraction of sp³-hybridized carbons (Fsp3) is 0.455. The van der Waals surface area contributed by atoms with Gasteiger partial charge < -0.3 is 10.6 Å². The number of benzene rings is 1. The van der Waals surface area contributed by atoms with Crippen molar-refractivity contribution in [3.63, 3.8) is 0 Å². The van der Waals surface area contributed by atoms with E-state index in [0.717, 1.165) is 19.3 Å². The third kappa shape index (κ3) is 5.85. The summed E-state index contributed by atoms with van der Waals surface area (Å²) in [5.41, 5.74) is 0.887. The molecule has 3 rings (SSSR count). The van der Waals surface area contributed by atoms with Gasteiger partial charge in [-0.25, -0.2) is 0 Å². The SMILES string of the molecule is CSc1ccc(CC2(CCC(=O)NC(C)Cc3cccs3)CCC(=O)N2)cc1. The molecule has 4 nitrogen and oxygen atoms in total. The minimum atomic E-state index is -0.313. The Morgan fingerprint density at radius 3 is 2.71 bits per heavy atom. The first-order chi connectivity index (χ1) is 13.5. The molecular weight excluding hydrogens is 388 g/mol. The molecule has 0 aliphatic carbocycles. The maximum Gasteiger partial charge on any atom is 0.220 e. The van der Waals surface area contributed by atoms with Crippen LogP contribution < -0.4 is 10.6 Å². The van der Waals surface area contributed by atoms with E-state index in [9.17, 15) is 9.59 Å². The third-order valence-corrected chi connectivity index (χ3v) is 6.90. The summed E-state index contributed by atoms with van der Waals surface area (Å²) in [6, 6.07) is 12.7. The lowest BCUT2D eigenvalue weighted by molar-refractivity contribution is -0.123. The fourth-order valence-corrected chi connectivity index (χ4v) is 5.04.